The summed E-state index contributed by atoms with van der Waals surface area (Å²) in [5.41, 5.74) is 2.36. The predicted molar refractivity (Wildman–Crippen MR) is 145 cm³/mol. The molecular formula is C28H26N4O4S2. The lowest BCUT2D eigenvalue weighted by Crippen LogP contribution is -2.39. The van der Waals surface area contributed by atoms with Crippen LogP contribution in [0.15, 0.2) is 77.7 Å². The molecule has 0 radical (unpaired) electrons. The van der Waals surface area contributed by atoms with Crippen molar-refractivity contribution in [1.82, 2.24) is 15.0 Å². The monoisotopic (exact) mass is 546 g/mol. The number of carbonyl (C=O) groups excluding carboxylic acids is 1. The van der Waals surface area contributed by atoms with Gasteiger partial charge in [-0.15, -0.1) is 11.3 Å². The molecule has 1 unspecified atom stereocenters. The quantitative estimate of drug-likeness (QED) is 0.339. The second-order valence-electron chi connectivity index (χ2n) is 9.10. The van der Waals surface area contributed by atoms with Gasteiger partial charge in [0.25, 0.3) is 5.91 Å². The van der Waals surface area contributed by atoms with Crippen molar-refractivity contribution >= 4 is 37.5 Å². The lowest BCUT2D eigenvalue weighted by molar-refractivity contribution is 0.0696. The van der Waals surface area contributed by atoms with E-state index in [4.69, 9.17) is 9.72 Å². The van der Waals surface area contributed by atoms with E-state index in [-0.39, 0.29) is 22.4 Å². The fraction of sp³-hybridized carbons (Fsp3) is 0.250. The maximum absolute atomic E-state index is 13.6. The summed E-state index contributed by atoms with van der Waals surface area (Å²) in [6.07, 6.45) is 1.75. The van der Waals surface area contributed by atoms with Crippen LogP contribution in [0.1, 0.15) is 45.4 Å². The van der Waals surface area contributed by atoms with E-state index in [1.54, 1.807) is 30.3 Å². The summed E-state index contributed by atoms with van der Waals surface area (Å²) in [4.78, 5) is 17.5. The van der Waals surface area contributed by atoms with Crippen LogP contribution in [0.25, 0.3) is 10.2 Å². The van der Waals surface area contributed by atoms with Crippen molar-refractivity contribution in [2.45, 2.75) is 36.2 Å². The molecule has 1 saturated heterocycles. The number of nitriles is 1. The molecule has 0 spiro atoms. The Hall–Kier alpha value is -3.62. The second kappa shape index (κ2) is 11.4. The van der Waals surface area contributed by atoms with Crippen LogP contribution in [-0.2, 0) is 21.2 Å². The number of hydrogen-bond acceptors (Lipinski definition) is 7. The highest BCUT2D eigenvalue weighted by Gasteiger charge is 2.26. The van der Waals surface area contributed by atoms with Gasteiger partial charge in [0.05, 0.1) is 32.8 Å². The third-order valence-electron chi connectivity index (χ3n) is 6.36. The molecule has 1 fully saturated rings. The number of carbonyl (C=O) groups is 1. The van der Waals surface area contributed by atoms with E-state index in [1.807, 2.05) is 30.3 Å². The van der Waals surface area contributed by atoms with E-state index in [2.05, 4.69) is 16.1 Å². The minimum Gasteiger partial charge on any atom is -0.381 e. The molecule has 1 atom stereocenters. The van der Waals surface area contributed by atoms with Gasteiger partial charge < -0.3 is 10.1 Å². The number of hydrogen-bond donors (Lipinski definition) is 2. The first-order valence-corrected chi connectivity index (χ1v) is 14.6. The van der Waals surface area contributed by atoms with Gasteiger partial charge in [0.2, 0.25) is 10.0 Å². The fourth-order valence-electron chi connectivity index (χ4n) is 4.39. The molecule has 0 saturated carbocycles. The van der Waals surface area contributed by atoms with Crippen molar-refractivity contribution in [3.63, 3.8) is 0 Å². The first-order valence-electron chi connectivity index (χ1n) is 12.3. The highest BCUT2D eigenvalue weighted by Crippen LogP contribution is 2.30. The third-order valence-corrected chi connectivity index (χ3v) is 8.98. The SMILES string of the molecule is N#Cc1cccc(CC(NS(=O)(=O)c2cccc(C(=O)NC3CCOCC3)c2)c2nc3ccccc3s2)c1. The molecule has 194 valence electrons. The maximum Gasteiger partial charge on any atom is 0.251 e. The zero-order valence-electron chi connectivity index (χ0n) is 20.5. The van der Waals surface area contributed by atoms with Crippen LogP contribution < -0.4 is 10.0 Å². The molecule has 8 nitrogen and oxygen atoms in total. The minimum absolute atomic E-state index is 0.00206. The number of aromatic nitrogens is 1. The van der Waals surface area contributed by atoms with Gasteiger partial charge in [-0.05, 0) is 67.3 Å². The minimum atomic E-state index is -4.02. The molecule has 2 N–H and O–H groups in total. The Morgan fingerprint density at radius 3 is 2.66 bits per heavy atom. The summed E-state index contributed by atoms with van der Waals surface area (Å²) in [7, 11) is -4.02. The van der Waals surface area contributed by atoms with Gasteiger partial charge in [-0.2, -0.15) is 5.26 Å². The maximum atomic E-state index is 13.6. The van der Waals surface area contributed by atoms with E-state index < -0.39 is 16.1 Å². The number of sulfonamides is 1. The Kier molecular flexibility index (Phi) is 7.81. The number of benzene rings is 3. The number of nitrogens with one attached hydrogen (secondary N) is 2. The molecule has 1 aliphatic rings. The number of amides is 1. The van der Waals surface area contributed by atoms with Crippen molar-refractivity contribution in [3.05, 3.63) is 94.5 Å². The lowest BCUT2D eigenvalue weighted by Gasteiger charge is -2.23. The average molecular weight is 547 g/mol. The number of nitrogens with zero attached hydrogens (tertiary/aromatic N) is 2. The van der Waals surface area contributed by atoms with E-state index in [0.717, 1.165) is 28.6 Å². The smallest absolute Gasteiger partial charge is 0.251 e. The predicted octanol–water partition coefficient (Wildman–Crippen LogP) is 4.34. The molecule has 0 bridgehead atoms. The van der Waals surface area contributed by atoms with Crippen LogP contribution in [0, 0.1) is 11.3 Å². The summed E-state index contributed by atoms with van der Waals surface area (Å²) in [6, 6.07) is 22.2. The molecule has 10 heteroatoms. The van der Waals surface area contributed by atoms with Crippen LogP contribution in [0.4, 0.5) is 0 Å². The fourth-order valence-corrected chi connectivity index (χ4v) is 6.73. The van der Waals surface area contributed by atoms with Gasteiger partial charge in [0.15, 0.2) is 0 Å². The van der Waals surface area contributed by atoms with Crippen LogP contribution in [-0.4, -0.2) is 38.6 Å². The van der Waals surface area contributed by atoms with Crippen LogP contribution in [0.3, 0.4) is 0 Å². The Bertz CT molecular complexity index is 1570. The lowest BCUT2D eigenvalue weighted by atomic mass is 10.0. The van der Waals surface area contributed by atoms with Crippen molar-refractivity contribution < 1.29 is 17.9 Å². The Morgan fingerprint density at radius 2 is 1.87 bits per heavy atom. The molecule has 1 aliphatic heterocycles. The Labute approximate surface area is 225 Å². The molecule has 2 heterocycles. The van der Waals surface area contributed by atoms with Gasteiger partial charge in [-0.3, -0.25) is 4.79 Å². The summed E-state index contributed by atoms with van der Waals surface area (Å²) in [5.74, 6) is -0.315. The van der Waals surface area contributed by atoms with E-state index in [0.29, 0.717) is 30.2 Å². The Balaban J connectivity index is 1.42. The largest absolute Gasteiger partial charge is 0.381 e. The molecule has 38 heavy (non-hydrogen) atoms. The standard InChI is InChI=1S/C28H26N4O4S2/c29-18-20-6-3-5-19(15-20)16-25(28-31-24-9-1-2-10-26(24)37-28)32-38(34,35)23-8-4-7-21(17-23)27(33)30-22-11-13-36-14-12-22/h1-10,15,17,22,25,32H,11-14,16H2,(H,30,33). The molecular weight excluding hydrogens is 520 g/mol. The number of rotatable bonds is 8. The summed E-state index contributed by atoms with van der Waals surface area (Å²) in [6.45, 7) is 1.18. The zero-order valence-corrected chi connectivity index (χ0v) is 22.1. The van der Waals surface area contributed by atoms with Crippen LogP contribution in [0.5, 0.6) is 0 Å². The first kappa shape index (κ1) is 26.0. The van der Waals surface area contributed by atoms with Gasteiger partial charge in [-0.25, -0.2) is 18.1 Å². The number of thiazole rings is 1. The topological polar surface area (TPSA) is 121 Å². The summed E-state index contributed by atoms with van der Waals surface area (Å²) >= 11 is 1.42. The summed E-state index contributed by atoms with van der Waals surface area (Å²) < 4.78 is 36.2. The number of fused-ring (bicyclic) bond motifs is 1. The Morgan fingerprint density at radius 1 is 1.08 bits per heavy atom. The summed E-state index contributed by atoms with van der Waals surface area (Å²) in [5, 5.41) is 12.9. The van der Waals surface area contributed by atoms with E-state index in [9.17, 15) is 18.5 Å². The first-order chi connectivity index (χ1) is 18.4. The molecule has 0 aliphatic carbocycles. The van der Waals surface area contributed by atoms with E-state index >= 15 is 0 Å². The van der Waals surface area contributed by atoms with Crippen molar-refractivity contribution in [2.75, 3.05) is 13.2 Å². The van der Waals surface area contributed by atoms with Crippen LogP contribution in [0.2, 0.25) is 0 Å². The highest BCUT2D eigenvalue weighted by molar-refractivity contribution is 7.89. The molecule has 3 aromatic carbocycles. The number of para-hydroxylation sites is 1. The average Bonchev–Trinajstić information content (AvgIpc) is 3.38. The van der Waals surface area contributed by atoms with Gasteiger partial charge >= 0.3 is 0 Å². The number of ether oxygens (including phenoxy) is 1. The molecule has 1 aromatic heterocycles. The van der Waals surface area contributed by atoms with Crippen LogP contribution >= 0.6 is 11.3 Å². The highest BCUT2D eigenvalue weighted by atomic mass is 32.2. The zero-order chi connectivity index (χ0) is 26.5. The second-order valence-corrected chi connectivity index (χ2v) is 11.9. The van der Waals surface area contributed by atoms with Gasteiger partial charge in [0.1, 0.15) is 5.01 Å². The third kappa shape index (κ3) is 6.09. The van der Waals surface area contributed by atoms with Crippen molar-refractivity contribution in [1.29, 1.82) is 5.26 Å². The molecule has 4 aromatic rings. The molecule has 1 amide bonds. The van der Waals surface area contributed by atoms with Gasteiger partial charge in [0, 0.05) is 24.8 Å². The van der Waals surface area contributed by atoms with Crippen molar-refractivity contribution in [3.8, 4) is 6.07 Å². The molecule has 5 rings (SSSR count). The normalized spacial score (nSPS) is 15.1. The van der Waals surface area contributed by atoms with Gasteiger partial charge in [-0.1, -0.05) is 30.3 Å². The van der Waals surface area contributed by atoms with E-state index in [1.165, 1.54) is 23.5 Å². The van der Waals surface area contributed by atoms with Crippen molar-refractivity contribution in [2.24, 2.45) is 0 Å².